The predicted octanol–water partition coefficient (Wildman–Crippen LogP) is 3.40. The number of benzene rings is 2. The topological polar surface area (TPSA) is 65.1 Å². The van der Waals surface area contributed by atoms with Gasteiger partial charge >= 0.3 is 0 Å². The Morgan fingerprint density at radius 2 is 1.70 bits per heavy atom. The van der Waals surface area contributed by atoms with Gasteiger partial charge in [0, 0.05) is 17.4 Å². The van der Waals surface area contributed by atoms with Crippen molar-refractivity contribution in [1.82, 2.24) is 24.1 Å². The van der Waals surface area contributed by atoms with E-state index in [1.165, 1.54) is 6.33 Å². The van der Waals surface area contributed by atoms with Gasteiger partial charge in [-0.05, 0) is 25.1 Å². The highest BCUT2D eigenvalue weighted by Gasteiger charge is 2.17. The second kappa shape index (κ2) is 5.88. The summed E-state index contributed by atoms with van der Waals surface area (Å²) in [6, 6.07) is 19.4. The average molecular weight is 353 g/mol. The molecule has 0 bridgehead atoms. The molecule has 0 unspecified atom stereocenters. The van der Waals surface area contributed by atoms with Gasteiger partial charge in [0.05, 0.1) is 16.6 Å². The van der Waals surface area contributed by atoms with Gasteiger partial charge in [0.25, 0.3) is 11.3 Å². The van der Waals surface area contributed by atoms with Crippen LogP contribution in [0, 0.1) is 6.92 Å². The molecule has 0 amide bonds. The number of fused-ring (bicyclic) bond motifs is 2. The van der Waals surface area contributed by atoms with Crippen molar-refractivity contribution in [2.75, 3.05) is 0 Å². The maximum atomic E-state index is 13.4. The second-order valence-electron chi connectivity index (χ2n) is 6.38. The molecular weight excluding hydrogens is 338 g/mol. The van der Waals surface area contributed by atoms with Crippen molar-refractivity contribution in [1.29, 1.82) is 0 Å². The number of hydrogen-bond donors (Lipinski definition) is 0. The molecule has 6 nitrogen and oxygen atoms in total. The van der Waals surface area contributed by atoms with E-state index in [0.29, 0.717) is 22.4 Å². The highest BCUT2D eigenvalue weighted by atomic mass is 16.1. The zero-order chi connectivity index (χ0) is 18.4. The molecule has 27 heavy (non-hydrogen) atoms. The first-order valence-electron chi connectivity index (χ1n) is 8.60. The molecule has 0 fully saturated rings. The highest BCUT2D eigenvalue weighted by molar-refractivity contribution is 5.93. The summed E-state index contributed by atoms with van der Waals surface area (Å²) in [5, 5.41) is 4.81. The summed E-state index contributed by atoms with van der Waals surface area (Å²) < 4.78 is 3.26. The van der Waals surface area contributed by atoms with E-state index in [0.717, 1.165) is 16.8 Å². The van der Waals surface area contributed by atoms with Crippen molar-refractivity contribution in [3.63, 3.8) is 0 Å². The second-order valence-corrected chi connectivity index (χ2v) is 6.38. The molecule has 130 valence electrons. The Morgan fingerprint density at radius 1 is 0.926 bits per heavy atom. The third-order valence-electron chi connectivity index (χ3n) is 4.63. The average Bonchev–Trinajstić information content (AvgIpc) is 3.16. The van der Waals surface area contributed by atoms with E-state index < -0.39 is 0 Å². The van der Waals surface area contributed by atoms with Crippen LogP contribution in [0.1, 0.15) is 5.56 Å². The molecule has 0 spiro atoms. The predicted molar refractivity (Wildman–Crippen MR) is 104 cm³/mol. The molecule has 3 heterocycles. The van der Waals surface area contributed by atoms with Crippen molar-refractivity contribution in [3.05, 3.63) is 89.1 Å². The molecule has 0 saturated carbocycles. The largest absolute Gasteiger partial charge is 0.284 e. The highest BCUT2D eigenvalue weighted by Crippen LogP contribution is 2.26. The quantitative estimate of drug-likeness (QED) is 0.488. The minimum absolute atomic E-state index is 0.139. The van der Waals surface area contributed by atoms with Crippen LogP contribution >= 0.6 is 0 Å². The molecule has 6 heteroatoms. The van der Waals surface area contributed by atoms with Crippen LogP contribution in [0.25, 0.3) is 33.6 Å². The normalized spacial score (nSPS) is 11.3. The number of aromatic nitrogens is 5. The summed E-state index contributed by atoms with van der Waals surface area (Å²) in [5.74, 6) is 0.467. The van der Waals surface area contributed by atoms with E-state index >= 15 is 0 Å². The molecule has 0 radical (unpaired) electrons. The summed E-state index contributed by atoms with van der Waals surface area (Å²) in [5.41, 5.74) is 4.00. The molecule has 0 aliphatic rings. The number of hydrogen-bond acceptors (Lipinski definition) is 4. The maximum absolute atomic E-state index is 13.4. The van der Waals surface area contributed by atoms with Gasteiger partial charge in [-0.1, -0.05) is 48.0 Å². The van der Waals surface area contributed by atoms with Crippen molar-refractivity contribution in [2.45, 2.75) is 6.92 Å². The molecule has 0 aliphatic carbocycles. The Labute approximate surface area is 154 Å². The summed E-state index contributed by atoms with van der Waals surface area (Å²) in [6.07, 6.45) is 3.20. The molecule has 3 aromatic heterocycles. The fourth-order valence-electron chi connectivity index (χ4n) is 3.30. The number of pyridine rings is 1. The molecule has 5 aromatic rings. The Morgan fingerprint density at radius 3 is 2.48 bits per heavy atom. The zero-order valence-electron chi connectivity index (χ0n) is 14.6. The van der Waals surface area contributed by atoms with E-state index in [2.05, 4.69) is 15.1 Å². The molecule has 0 N–H and O–H groups in total. The first-order valence-corrected chi connectivity index (χ1v) is 8.60. The first kappa shape index (κ1) is 15.5. The standard InChI is InChI=1S/C21H15N5O/c1-14-7-9-16(10-8-14)25-12-11-17-18(20(25)27)19(15-5-3-2-4-6-15)26-21(24-17)22-13-23-26/h2-13H,1H3. The Balaban J connectivity index is 1.92. The third kappa shape index (κ3) is 2.42. The summed E-state index contributed by atoms with van der Waals surface area (Å²) in [6.45, 7) is 2.02. The summed E-state index contributed by atoms with van der Waals surface area (Å²) in [4.78, 5) is 22.2. The van der Waals surface area contributed by atoms with Gasteiger partial charge in [0.2, 0.25) is 0 Å². The lowest BCUT2D eigenvalue weighted by Crippen LogP contribution is -2.20. The Hall–Kier alpha value is -3.80. The third-order valence-corrected chi connectivity index (χ3v) is 4.63. The zero-order valence-corrected chi connectivity index (χ0v) is 14.6. The number of rotatable bonds is 2. The van der Waals surface area contributed by atoms with Gasteiger partial charge in [-0.2, -0.15) is 14.6 Å². The Kier molecular flexibility index (Phi) is 3.36. The van der Waals surface area contributed by atoms with Crippen molar-refractivity contribution < 1.29 is 0 Å². The van der Waals surface area contributed by atoms with Crippen LogP contribution in [0.15, 0.2) is 78.0 Å². The van der Waals surface area contributed by atoms with Crippen molar-refractivity contribution in [3.8, 4) is 16.9 Å². The monoisotopic (exact) mass is 353 g/mol. The van der Waals surface area contributed by atoms with Crippen LogP contribution in [-0.2, 0) is 0 Å². The molecule has 2 aromatic carbocycles. The van der Waals surface area contributed by atoms with Crippen LogP contribution < -0.4 is 5.56 Å². The fraction of sp³-hybridized carbons (Fsp3) is 0.0476. The van der Waals surface area contributed by atoms with E-state index in [1.54, 1.807) is 15.3 Å². The smallest absolute Gasteiger partial charge is 0.266 e. The van der Waals surface area contributed by atoms with Gasteiger partial charge in [-0.15, -0.1) is 0 Å². The minimum atomic E-state index is -0.139. The van der Waals surface area contributed by atoms with E-state index in [-0.39, 0.29) is 5.56 Å². The van der Waals surface area contributed by atoms with Gasteiger partial charge in [-0.3, -0.25) is 9.36 Å². The number of aryl methyl sites for hydroxylation is 1. The Bertz CT molecular complexity index is 1330. The van der Waals surface area contributed by atoms with Crippen LogP contribution in [0.3, 0.4) is 0 Å². The molecular formula is C21H15N5O. The fourth-order valence-corrected chi connectivity index (χ4v) is 3.30. The molecule has 0 atom stereocenters. The molecule has 0 saturated heterocycles. The summed E-state index contributed by atoms with van der Waals surface area (Å²) >= 11 is 0. The molecule has 5 rings (SSSR count). The van der Waals surface area contributed by atoms with Gasteiger partial charge in [0.1, 0.15) is 6.33 Å². The van der Waals surface area contributed by atoms with Crippen LogP contribution in [0.5, 0.6) is 0 Å². The summed E-state index contributed by atoms with van der Waals surface area (Å²) in [7, 11) is 0. The van der Waals surface area contributed by atoms with E-state index in [4.69, 9.17) is 0 Å². The lowest BCUT2D eigenvalue weighted by molar-refractivity contribution is 0.948. The van der Waals surface area contributed by atoms with Crippen LogP contribution in [0.4, 0.5) is 0 Å². The maximum Gasteiger partial charge on any atom is 0.266 e. The van der Waals surface area contributed by atoms with E-state index in [9.17, 15) is 4.79 Å². The van der Waals surface area contributed by atoms with Crippen LogP contribution in [0.2, 0.25) is 0 Å². The van der Waals surface area contributed by atoms with Crippen molar-refractivity contribution >= 4 is 16.7 Å². The SMILES string of the molecule is Cc1ccc(-n2ccc3nc4ncnn4c(-c4ccccc4)c3c2=O)cc1. The van der Waals surface area contributed by atoms with Gasteiger partial charge < -0.3 is 0 Å². The molecule has 0 aliphatic heterocycles. The minimum Gasteiger partial charge on any atom is -0.284 e. The number of nitrogens with zero attached hydrogens (tertiary/aromatic N) is 5. The van der Waals surface area contributed by atoms with E-state index in [1.807, 2.05) is 67.6 Å². The van der Waals surface area contributed by atoms with Gasteiger partial charge in [0.15, 0.2) is 0 Å². The first-order chi connectivity index (χ1) is 13.2. The van der Waals surface area contributed by atoms with Crippen LogP contribution in [-0.4, -0.2) is 24.1 Å². The lowest BCUT2D eigenvalue weighted by Gasteiger charge is -2.11. The van der Waals surface area contributed by atoms with Crippen molar-refractivity contribution in [2.24, 2.45) is 0 Å². The lowest BCUT2D eigenvalue weighted by atomic mass is 10.1. The van der Waals surface area contributed by atoms with Gasteiger partial charge in [-0.25, -0.2) is 4.98 Å².